The van der Waals surface area contributed by atoms with Gasteiger partial charge in [0.1, 0.15) is 10.9 Å². The van der Waals surface area contributed by atoms with Crippen molar-refractivity contribution in [2.24, 2.45) is 0 Å². The number of hydrogen-bond donors (Lipinski definition) is 1. The minimum atomic E-state index is -1.07. The second-order valence-corrected chi connectivity index (χ2v) is 5.67. The number of carboxylic acids is 1. The van der Waals surface area contributed by atoms with Crippen LogP contribution in [0.2, 0.25) is 0 Å². The summed E-state index contributed by atoms with van der Waals surface area (Å²) in [5.74, 6) is -1.41. The van der Waals surface area contributed by atoms with Gasteiger partial charge in [-0.25, -0.2) is 0 Å². The van der Waals surface area contributed by atoms with Gasteiger partial charge in [0.05, 0.1) is 4.91 Å². The first-order valence-corrected chi connectivity index (χ1v) is 6.74. The molecule has 1 aromatic heterocycles. The van der Waals surface area contributed by atoms with Gasteiger partial charge in [0, 0.05) is 0 Å². The number of aliphatic carboxylic acids is 1. The van der Waals surface area contributed by atoms with E-state index in [4.69, 9.17) is 17.3 Å². The van der Waals surface area contributed by atoms with E-state index < -0.39 is 5.97 Å². The van der Waals surface area contributed by atoms with Gasteiger partial charge >= 0.3 is 5.97 Å². The quantitative estimate of drug-likeness (QED) is 0.680. The van der Waals surface area contributed by atoms with E-state index in [1.807, 2.05) is 16.8 Å². The lowest BCUT2D eigenvalue weighted by Crippen LogP contribution is -2.33. The molecule has 17 heavy (non-hydrogen) atoms. The SMILES string of the molecule is O=C(O)CN1C(=O)C(=Cc2ccsc2)SC1=S. The van der Waals surface area contributed by atoms with E-state index >= 15 is 0 Å². The highest BCUT2D eigenvalue weighted by atomic mass is 32.2. The van der Waals surface area contributed by atoms with Crippen molar-refractivity contribution < 1.29 is 14.7 Å². The first-order chi connectivity index (χ1) is 8.08. The maximum atomic E-state index is 11.9. The molecule has 1 N–H and O–H groups in total. The van der Waals surface area contributed by atoms with Crippen LogP contribution in [0.1, 0.15) is 5.56 Å². The zero-order valence-electron chi connectivity index (χ0n) is 8.45. The van der Waals surface area contributed by atoms with Crippen molar-refractivity contribution >= 4 is 57.6 Å². The van der Waals surface area contributed by atoms with Gasteiger partial charge in [-0.15, -0.1) is 0 Å². The molecule has 7 heteroatoms. The van der Waals surface area contributed by atoms with Crippen LogP contribution in [0.5, 0.6) is 0 Å². The fourth-order valence-corrected chi connectivity index (χ4v) is 3.15. The molecule has 1 amide bonds. The third-order valence-corrected chi connectivity index (χ3v) is 4.09. The number of nitrogens with zero attached hydrogens (tertiary/aromatic N) is 1. The number of carbonyl (C=O) groups is 2. The average molecular weight is 285 g/mol. The van der Waals surface area contributed by atoms with Gasteiger partial charge in [0.15, 0.2) is 0 Å². The Morgan fingerprint density at radius 2 is 2.35 bits per heavy atom. The molecular formula is C10H7NO3S3. The Hall–Kier alpha value is -1.18. The van der Waals surface area contributed by atoms with E-state index in [0.29, 0.717) is 9.23 Å². The van der Waals surface area contributed by atoms with Crippen LogP contribution < -0.4 is 0 Å². The Kier molecular flexibility index (Phi) is 3.60. The van der Waals surface area contributed by atoms with Crippen LogP contribution in [0.3, 0.4) is 0 Å². The number of amides is 1. The van der Waals surface area contributed by atoms with Crippen molar-refractivity contribution in [3.63, 3.8) is 0 Å². The monoisotopic (exact) mass is 285 g/mol. The van der Waals surface area contributed by atoms with E-state index in [9.17, 15) is 9.59 Å². The lowest BCUT2D eigenvalue weighted by Gasteiger charge is -2.09. The number of thiophene rings is 1. The molecule has 1 aliphatic heterocycles. The molecule has 1 aromatic rings. The Balaban J connectivity index is 2.21. The summed E-state index contributed by atoms with van der Waals surface area (Å²) in [6.45, 7) is -0.383. The largest absolute Gasteiger partial charge is 0.480 e. The minimum Gasteiger partial charge on any atom is -0.480 e. The number of rotatable bonds is 3. The third-order valence-electron chi connectivity index (χ3n) is 2.01. The van der Waals surface area contributed by atoms with Crippen LogP contribution in [0.25, 0.3) is 6.08 Å². The fraction of sp³-hybridized carbons (Fsp3) is 0.100. The highest BCUT2D eigenvalue weighted by molar-refractivity contribution is 8.26. The Bertz CT molecular complexity index is 507. The summed E-state index contributed by atoms with van der Waals surface area (Å²) in [5.41, 5.74) is 0.922. The van der Waals surface area contributed by atoms with E-state index in [2.05, 4.69) is 0 Å². The first-order valence-electron chi connectivity index (χ1n) is 4.57. The molecular weight excluding hydrogens is 278 g/mol. The summed E-state index contributed by atoms with van der Waals surface area (Å²) in [4.78, 5) is 24.0. The summed E-state index contributed by atoms with van der Waals surface area (Å²) < 4.78 is 0.291. The van der Waals surface area contributed by atoms with Crippen LogP contribution in [0.15, 0.2) is 21.7 Å². The van der Waals surface area contributed by atoms with Crippen molar-refractivity contribution in [3.8, 4) is 0 Å². The van der Waals surface area contributed by atoms with Crippen LogP contribution in [-0.2, 0) is 9.59 Å². The highest BCUT2D eigenvalue weighted by Crippen LogP contribution is 2.32. The molecule has 88 valence electrons. The number of hydrogen-bond acceptors (Lipinski definition) is 5. The maximum Gasteiger partial charge on any atom is 0.323 e. The summed E-state index contributed by atoms with van der Waals surface area (Å²) in [6.07, 6.45) is 1.72. The van der Waals surface area contributed by atoms with Gasteiger partial charge in [-0.05, 0) is 28.5 Å². The predicted molar refractivity (Wildman–Crippen MR) is 71.8 cm³/mol. The summed E-state index contributed by atoms with van der Waals surface area (Å²) in [5, 5.41) is 12.5. The molecule has 2 rings (SSSR count). The molecule has 0 unspecified atom stereocenters. The molecule has 0 radical (unpaired) electrons. The molecule has 1 saturated heterocycles. The Morgan fingerprint density at radius 1 is 1.59 bits per heavy atom. The number of thiocarbonyl (C=S) groups is 1. The van der Waals surface area contributed by atoms with E-state index in [0.717, 1.165) is 22.2 Å². The molecule has 0 saturated carbocycles. The molecule has 2 heterocycles. The third kappa shape index (κ3) is 2.74. The van der Waals surface area contributed by atoms with E-state index in [1.165, 1.54) is 11.3 Å². The minimum absolute atomic E-state index is 0.291. The number of thioether (sulfide) groups is 1. The Labute approximate surface area is 111 Å². The van der Waals surface area contributed by atoms with Gasteiger partial charge in [-0.1, -0.05) is 24.0 Å². The van der Waals surface area contributed by atoms with Gasteiger partial charge in [0.2, 0.25) is 0 Å². The molecule has 0 aromatic carbocycles. The molecule has 0 spiro atoms. The molecule has 0 aliphatic carbocycles. The average Bonchev–Trinajstić information content (AvgIpc) is 2.83. The second-order valence-electron chi connectivity index (χ2n) is 3.22. The number of carboxylic acid groups (broad SMARTS) is 1. The topological polar surface area (TPSA) is 57.6 Å². The lowest BCUT2D eigenvalue weighted by molar-refractivity contribution is -0.140. The van der Waals surface area contributed by atoms with Crippen LogP contribution in [0, 0.1) is 0 Å². The van der Waals surface area contributed by atoms with Crippen molar-refractivity contribution in [3.05, 3.63) is 27.3 Å². The second kappa shape index (κ2) is 4.99. The van der Waals surface area contributed by atoms with E-state index in [-0.39, 0.29) is 12.5 Å². The first kappa shape index (κ1) is 12.3. The molecule has 1 aliphatic rings. The van der Waals surface area contributed by atoms with Crippen LogP contribution in [0.4, 0.5) is 0 Å². The van der Waals surface area contributed by atoms with Crippen molar-refractivity contribution in [1.82, 2.24) is 4.90 Å². The highest BCUT2D eigenvalue weighted by Gasteiger charge is 2.33. The lowest BCUT2D eigenvalue weighted by atomic mass is 10.3. The molecule has 1 fully saturated rings. The van der Waals surface area contributed by atoms with Crippen molar-refractivity contribution in [2.45, 2.75) is 0 Å². The van der Waals surface area contributed by atoms with Gasteiger partial charge in [-0.3, -0.25) is 14.5 Å². The summed E-state index contributed by atoms with van der Waals surface area (Å²) >= 11 is 7.64. The van der Waals surface area contributed by atoms with E-state index in [1.54, 1.807) is 6.08 Å². The van der Waals surface area contributed by atoms with Gasteiger partial charge in [0.25, 0.3) is 5.91 Å². The standard InChI is InChI=1S/C10H7NO3S3/c12-8(13)4-11-9(14)7(17-10(11)15)3-6-1-2-16-5-6/h1-3,5H,4H2,(H,12,13). The maximum absolute atomic E-state index is 11.9. The van der Waals surface area contributed by atoms with Crippen LogP contribution in [-0.4, -0.2) is 32.7 Å². The fourth-order valence-electron chi connectivity index (χ4n) is 1.28. The summed E-state index contributed by atoms with van der Waals surface area (Å²) in [7, 11) is 0. The number of carbonyl (C=O) groups excluding carboxylic acids is 1. The molecule has 0 bridgehead atoms. The molecule has 0 atom stereocenters. The van der Waals surface area contributed by atoms with Crippen LogP contribution >= 0.6 is 35.3 Å². The predicted octanol–water partition coefficient (Wildman–Crippen LogP) is 2.03. The molecule has 4 nitrogen and oxygen atoms in total. The Morgan fingerprint density at radius 3 is 2.94 bits per heavy atom. The smallest absolute Gasteiger partial charge is 0.323 e. The zero-order chi connectivity index (χ0) is 12.4. The van der Waals surface area contributed by atoms with Gasteiger partial charge < -0.3 is 5.11 Å². The summed E-state index contributed by atoms with van der Waals surface area (Å²) in [6, 6.07) is 1.88. The van der Waals surface area contributed by atoms with Crippen molar-refractivity contribution in [2.75, 3.05) is 6.54 Å². The normalized spacial score (nSPS) is 18.1. The van der Waals surface area contributed by atoms with Gasteiger partial charge in [-0.2, -0.15) is 11.3 Å². The van der Waals surface area contributed by atoms with Crippen molar-refractivity contribution in [1.29, 1.82) is 0 Å². The zero-order valence-corrected chi connectivity index (χ0v) is 10.9.